The number of rotatable bonds is 3. The van der Waals surface area contributed by atoms with Gasteiger partial charge in [-0.25, -0.2) is 0 Å². The third-order valence-corrected chi connectivity index (χ3v) is 3.88. The molecule has 0 spiro atoms. The molecule has 0 saturated carbocycles. The van der Waals surface area contributed by atoms with E-state index in [2.05, 4.69) is 11.9 Å². The van der Waals surface area contributed by atoms with Gasteiger partial charge in [0.05, 0.1) is 12.7 Å². The molecule has 5 heteroatoms. The number of nitrogens with zero attached hydrogens (tertiary/aromatic N) is 1. The van der Waals surface area contributed by atoms with Gasteiger partial charge in [0.25, 0.3) is 5.91 Å². The van der Waals surface area contributed by atoms with E-state index >= 15 is 0 Å². The molecule has 5 nitrogen and oxygen atoms in total. The molecule has 1 saturated heterocycles. The van der Waals surface area contributed by atoms with Gasteiger partial charge in [-0.1, -0.05) is 6.92 Å². The fraction of sp³-hybridized carbons (Fsp3) is 0.600. The minimum absolute atomic E-state index is 0.0105. The number of aromatic nitrogens is 1. The molecule has 0 aromatic carbocycles. The van der Waals surface area contributed by atoms with Crippen LogP contribution in [0.25, 0.3) is 0 Å². The van der Waals surface area contributed by atoms with E-state index in [0.717, 1.165) is 17.7 Å². The molecule has 1 amide bonds. The van der Waals surface area contributed by atoms with Crippen molar-refractivity contribution >= 4 is 11.7 Å². The molecule has 1 atom stereocenters. The van der Waals surface area contributed by atoms with Crippen molar-refractivity contribution in [2.45, 2.75) is 40.2 Å². The van der Waals surface area contributed by atoms with Crippen LogP contribution in [0.3, 0.4) is 0 Å². The summed E-state index contributed by atoms with van der Waals surface area (Å²) >= 11 is 0. The highest BCUT2D eigenvalue weighted by atomic mass is 16.5. The van der Waals surface area contributed by atoms with Gasteiger partial charge in [-0.2, -0.15) is 0 Å². The van der Waals surface area contributed by atoms with E-state index in [1.165, 1.54) is 6.92 Å². The number of morpholine rings is 1. The van der Waals surface area contributed by atoms with Crippen molar-refractivity contribution in [3.8, 4) is 0 Å². The van der Waals surface area contributed by atoms with Crippen LogP contribution >= 0.6 is 0 Å². The normalized spacial score (nSPS) is 19.2. The van der Waals surface area contributed by atoms with E-state index in [1.807, 2.05) is 13.8 Å². The summed E-state index contributed by atoms with van der Waals surface area (Å²) in [6.45, 7) is 9.02. The van der Waals surface area contributed by atoms with Crippen molar-refractivity contribution < 1.29 is 14.3 Å². The monoisotopic (exact) mass is 278 g/mol. The smallest absolute Gasteiger partial charge is 0.270 e. The van der Waals surface area contributed by atoms with Crippen molar-refractivity contribution in [1.82, 2.24) is 9.88 Å². The predicted molar refractivity (Wildman–Crippen MR) is 76.2 cm³/mol. The topological polar surface area (TPSA) is 62.4 Å². The highest BCUT2D eigenvalue weighted by molar-refractivity contribution is 6.02. The van der Waals surface area contributed by atoms with Gasteiger partial charge in [-0.3, -0.25) is 9.59 Å². The summed E-state index contributed by atoms with van der Waals surface area (Å²) in [5, 5.41) is 0. The molecule has 0 radical (unpaired) electrons. The average molecular weight is 278 g/mol. The SMILES string of the molecule is CC[C@@H]1CN(C(=O)c2[nH]c(C)c(C(C)=O)c2C)CCO1. The van der Waals surface area contributed by atoms with Crippen molar-refractivity contribution in [3.05, 3.63) is 22.5 Å². The van der Waals surface area contributed by atoms with Crippen LogP contribution in [0.4, 0.5) is 0 Å². The van der Waals surface area contributed by atoms with E-state index < -0.39 is 0 Å². The lowest BCUT2D eigenvalue weighted by Gasteiger charge is -2.32. The van der Waals surface area contributed by atoms with Crippen LogP contribution < -0.4 is 0 Å². The maximum atomic E-state index is 12.6. The highest BCUT2D eigenvalue weighted by Crippen LogP contribution is 2.21. The Morgan fingerprint density at radius 2 is 2.10 bits per heavy atom. The molecule has 1 aromatic heterocycles. The Hall–Kier alpha value is -1.62. The van der Waals surface area contributed by atoms with Crippen molar-refractivity contribution in [2.75, 3.05) is 19.7 Å². The van der Waals surface area contributed by atoms with Gasteiger partial charge in [-0.05, 0) is 32.8 Å². The number of amides is 1. The first-order valence-electron chi connectivity index (χ1n) is 7.06. The van der Waals surface area contributed by atoms with Crippen LogP contribution in [0.2, 0.25) is 0 Å². The van der Waals surface area contributed by atoms with Gasteiger partial charge in [-0.15, -0.1) is 0 Å². The summed E-state index contributed by atoms with van der Waals surface area (Å²) in [7, 11) is 0. The molecule has 1 aliphatic rings. The molecule has 2 rings (SSSR count). The summed E-state index contributed by atoms with van der Waals surface area (Å²) in [5.41, 5.74) is 2.68. The third kappa shape index (κ3) is 2.63. The molecule has 1 fully saturated rings. The number of aromatic amines is 1. The molecule has 110 valence electrons. The first-order valence-corrected chi connectivity index (χ1v) is 7.06. The molecule has 20 heavy (non-hydrogen) atoms. The number of hydrogen-bond donors (Lipinski definition) is 1. The van der Waals surface area contributed by atoms with E-state index in [0.29, 0.717) is 31.0 Å². The lowest BCUT2D eigenvalue weighted by Crippen LogP contribution is -2.45. The number of ether oxygens (including phenoxy) is 1. The van der Waals surface area contributed by atoms with Crippen molar-refractivity contribution in [2.24, 2.45) is 0 Å². The Morgan fingerprint density at radius 1 is 1.40 bits per heavy atom. The summed E-state index contributed by atoms with van der Waals surface area (Å²) < 4.78 is 5.58. The molecule has 0 aliphatic carbocycles. The Balaban J connectivity index is 2.25. The molecular formula is C15H22N2O3. The third-order valence-electron chi connectivity index (χ3n) is 3.88. The average Bonchev–Trinajstić information content (AvgIpc) is 2.73. The number of carbonyl (C=O) groups is 2. The fourth-order valence-corrected chi connectivity index (χ4v) is 2.80. The molecule has 1 aromatic rings. The number of aryl methyl sites for hydroxylation is 1. The standard InChI is InChI=1S/C15H22N2O3/c1-5-12-8-17(6-7-20-12)15(19)14-9(2)13(11(4)18)10(3)16-14/h12,16H,5-8H2,1-4H3/t12-/m1/s1. The molecule has 1 aliphatic heterocycles. The zero-order valence-electron chi connectivity index (χ0n) is 12.6. The largest absolute Gasteiger partial charge is 0.375 e. The van der Waals surface area contributed by atoms with E-state index in [-0.39, 0.29) is 17.8 Å². The van der Waals surface area contributed by atoms with Crippen molar-refractivity contribution in [1.29, 1.82) is 0 Å². The van der Waals surface area contributed by atoms with Crippen LogP contribution in [0.15, 0.2) is 0 Å². The number of ketones is 1. The minimum atomic E-state index is -0.0418. The second-order valence-electron chi connectivity index (χ2n) is 5.33. The highest BCUT2D eigenvalue weighted by Gasteiger charge is 2.27. The molecule has 2 heterocycles. The zero-order chi connectivity index (χ0) is 14.9. The maximum Gasteiger partial charge on any atom is 0.270 e. The van der Waals surface area contributed by atoms with E-state index in [9.17, 15) is 9.59 Å². The predicted octanol–water partition coefficient (Wildman–Crippen LogP) is 2.09. The fourth-order valence-electron chi connectivity index (χ4n) is 2.80. The quantitative estimate of drug-likeness (QED) is 0.861. The zero-order valence-corrected chi connectivity index (χ0v) is 12.6. The van der Waals surface area contributed by atoms with Crippen LogP contribution in [0.5, 0.6) is 0 Å². The number of carbonyl (C=O) groups excluding carboxylic acids is 2. The summed E-state index contributed by atoms with van der Waals surface area (Å²) in [5.74, 6) is -0.0523. The summed E-state index contributed by atoms with van der Waals surface area (Å²) in [6, 6.07) is 0. The number of nitrogens with one attached hydrogen (secondary N) is 1. The van der Waals surface area contributed by atoms with Crippen molar-refractivity contribution in [3.63, 3.8) is 0 Å². The lowest BCUT2D eigenvalue weighted by molar-refractivity contribution is -0.0228. The second kappa shape index (κ2) is 5.79. The number of hydrogen-bond acceptors (Lipinski definition) is 3. The molecule has 0 bridgehead atoms. The molecular weight excluding hydrogens is 256 g/mol. The maximum absolute atomic E-state index is 12.6. The Morgan fingerprint density at radius 3 is 2.65 bits per heavy atom. The lowest BCUT2D eigenvalue weighted by atomic mass is 10.1. The Labute approximate surface area is 119 Å². The van der Waals surface area contributed by atoms with Crippen LogP contribution in [0, 0.1) is 13.8 Å². The molecule has 1 N–H and O–H groups in total. The van der Waals surface area contributed by atoms with Gasteiger partial charge in [0.2, 0.25) is 0 Å². The van der Waals surface area contributed by atoms with Crippen LogP contribution in [-0.2, 0) is 4.74 Å². The van der Waals surface area contributed by atoms with Gasteiger partial charge < -0.3 is 14.6 Å². The van der Waals surface area contributed by atoms with Crippen LogP contribution in [0.1, 0.15) is 52.4 Å². The summed E-state index contributed by atoms with van der Waals surface area (Å²) in [6.07, 6.45) is 1.00. The number of H-pyrrole nitrogens is 1. The van der Waals surface area contributed by atoms with E-state index in [1.54, 1.807) is 4.90 Å². The van der Waals surface area contributed by atoms with E-state index in [4.69, 9.17) is 4.74 Å². The Kier molecular flexibility index (Phi) is 4.28. The first kappa shape index (κ1) is 14.8. The second-order valence-corrected chi connectivity index (χ2v) is 5.33. The van der Waals surface area contributed by atoms with Gasteiger partial charge in [0.15, 0.2) is 5.78 Å². The Bertz CT molecular complexity index is 533. The minimum Gasteiger partial charge on any atom is -0.375 e. The van der Waals surface area contributed by atoms with Gasteiger partial charge in [0.1, 0.15) is 5.69 Å². The first-order chi connectivity index (χ1) is 9.45. The van der Waals surface area contributed by atoms with Gasteiger partial charge >= 0.3 is 0 Å². The number of Topliss-reactive ketones (excluding diaryl/α,β-unsaturated/α-hetero) is 1. The van der Waals surface area contributed by atoms with Crippen LogP contribution in [-0.4, -0.2) is 47.4 Å². The van der Waals surface area contributed by atoms with Gasteiger partial charge in [0, 0.05) is 24.3 Å². The molecule has 0 unspecified atom stereocenters. The summed E-state index contributed by atoms with van der Waals surface area (Å²) in [4.78, 5) is 29.1.